The fourth-order valence-corrected chi connectivity index (χ4v) is 1.30. The molecule has 0 saturated heterocycles. The first-order valence-corrected chi connectivity index (χ1v) is 4.16. The molecule has 0 radical (unpaired) electrons. The van der Waals surface area contributed by atoms with Gasteiger partial charge in [0.1, 0.15) is 19.6 Å². The van der Waals surface area contributed by atoms with Crippen LogP contribution in [0.5, 0.6) is 0 Å². The minimum Gasteiger partial charge on any atom is -0.206 e. The summed E-state index contributed by atoms with van der Waals surface area (Å²) in [5.74, 6) is 0. The lowest BCUT2D eigenvalue weighted by Gasteiger charge is -2.31. The van der Waals surface area contributed by atoms with Crippen molar-refractivity contribution in [1.29, 1.82) is 0 Å². The van der Waals surface area contributed by atoms with Gasteiger partial charge in [0.05, 0.1) is 7.11 Å². The molecule has 0 aliphatic carbocycles. The number of quaternary nitrogens is 1. The Kier molecular flexibility index (Phi) is 4.65. The van der Waals surface area contributed by atoms with Crippen LogP contribution in [0.1, 0.15) is 27.2 Å². The lowest BCUT2D eigenvalue weighted by molar-refractivity contribution is -1.10. The van der Waals surface area contributed by atoms with Crippen molar-refractivity contribution >= 4 is 0 Å². The van der Waals surface area contributed by atoms with Gasteiger partial charge in [-0.2, -0.15) is 4.65 Å². The highest BCUT2D eigenvalue weighted by Crippen LogP contribution is 2.06. The Balaban J connectivity index is 3.87. The quantitative estimate of drug-likeness (QED) is 0.424. The molecule has 0 rings (SSSR count). The van der Waals surface area contributed by atoms with Gasteiger partial charge in [0.25, 0.3) is 0 Å². The lowest BCUT2D eigenvalue weighted by atomic mass is 10.4. The van der Waals surface area contributed by atoms with Crippen molar-refractivity contribution < 1.29 is 9.48 Å². The highest BCUT2D eigenvalue weighted by atomic mass is 16.7. The summed E-state index contributed by atoms with van der Waals surface area (Å²) in [6.45, 7) is 9.80. The molecule has 62 valence electrons. The van der Waals surface area contributed by atoms with Crippen LogP contribution in [-0.4, -0.2) is 31.4 Å². The number of rotatable bonds is 5. The van der Waals surface area contributed by atoms with E-state index in [1.165, 1.54) is 6.42 Å². The first-order valence-electron chi connectivity index (χ1n) is 4.16. The Labute approximate surface area is 64.3 Å². The van der Waals surface area contributed by atoms with Crippen molar-refractivity contribution in [2.75, 3.05) is 26.7 Å². The van der Waals surface area contributed by atoms with Gasteiger partial charge in [0.15, 0.2) is 0 Å². The molecular formula is C8H20NO+. The molecule has 0 aromatic heterocycles. The summed E-state index contributed by atoms with van der Waals surface area (Å²) < 4.78 is 0.802. The predicted octanol–water partition coefficient (Wildman–Crippen LogP) is 1.81. The van der Waals surface area contributed by atoms with Gasteiger partial charge >= 0.3 is 0 Å². The van der Waals surface area contributed by atoms with Crippen molar-refractivity contribution in [3.05, 3.63) is 0 Å². The van der Waals surface area contributed by atoms with E-state index in [0.717, 1.165) is 24.3 Å². The summed E-state index contributed by atoms with van der Waals surface area (Å²) in [6.07, 6.45) is 1.19. The first-order chi connectivity index (χ1) is 4.74. The van der Waals surface area contributed by atoms with E-state index in [1.807, 2.05) is 0 Å². The van der Waals surface area contributed by atoms with E-state index in [2.05, 4.69) is 20.8 Å². The molecule has 2 nitrogen and oxygen atoms in total. The van der Waals surface area contributed by atoms with Crippen LogP contribution in [0.4, 0.5) is 0 Å². The zero-order valence-corrected chi connectivity index (χ0v) is 7.68. The SMILES string of the molecule is CCC[N+](CC)(CC)OC. The molecule has 0 saturated carbocycles. The second kappa shape index (κ2) is 4.69. The van der Waals surface area contributed by atoms with Gasteiger partial charge in [-0.05, 0) is 20.3 Å². The molecule has 0 fully saturated rings. The van der Waals surface area contributed by atoms with Crippen LogP contribution in [0, 0.1) is 0 Å². The van der Waals surface area contributed by atoms with E-state index >= 15 is 0 Å². The molecule has 0 aliphatic rings. The fourth-order valence-electron chi connectivity index (χ4n) is 1.30. The summed E-state index contributed by atoms with van der Waals surface area (Å²) in [6, 6.07) is 0. The maximum absolute atomic E-state index is 5.41. The molecule has 0 spiro atoms. The zero-order valence-electron chi connectivity index (χ0n) is 7.68. The Hall–Kier alpha value is -0.0800. The molecule has 0 heterocycles. The molecule has 0 bridgehead atoms. The second-order valence-corrected chi connectivity index (χ2v) is 2.60. The van der Waals surface area contributed by atoms with Gasteiger partial charge in [-0.15, -0.1) is 0 Å². The molecule has 10 heavy (non-hydrogen) atoms. The predicted molar refractivity (Wildman–Crippen MR) is 43.5 cm³/mol. The molecule has 0 unspecified atom stereocenters. The molecular weight excluding hydrogens is 126 g/mol. The summed E-state index contributed by atoms with van der Waals surface area (Å²) in [7, 11) is 1.79. The standard InChI is InChI=1S/C8H20NO/c1-5-8-9(6-2,7-3)10-4/h5-8H2,1-4H3/q+1. The van der Waals surface area contributed by atoms with E-state index in [-0.39, 0.29) is 0 Å². The van der Waals surface area contributed by atoms with Crippen molar-refractivity contribution in [3.8, 4) is 0 Å². The monoisotopic (exact) mass is 146 g/mol. The number of hydrogen-bond acceptors (Lipinski definition) is 1. The number of hydroxylamine groups is 3. The van der Waals surface area contributed by atoms with Gasteiger partial charge < -0.3 is 0 Å². The highest BCUT2D eigenvalue weighted by molar-refractivity contribution is 4.27. The maximum atomic E-state index is 5.41. The normalized spacial score (nSPS) is 12.0. The average molecular weight is 146 g/mol. The summed E-state index contributed by atoms with van der Waals surface area (Å²) >= 11 is 0. The molecule has 2 heteroatoms. The third-order valence-corrected chi connectivity index (χ3v) is 2.17. The Morgan fingerprint density at radius 3 is 1.70 bits per heavy atom. The number of hydrogen-bond donors (Lipinski definition) is 0. The minimum atomic E-state index is 0.802. The Morgan fingerprint density at radius 1 is 1.10 bits per heavy atom. The highest BCUT2D eigenvalue weighted by Gasteiger charge is 2.21. The van der Waals surface area contributed by atoms with Crippen molar-refractivity contribution in [1.82, 2.24) is 0 Å². The van der Waals surface area contributed by atoms with Gasteiger partial charge in [-0.25, -0.2) is 4.84 Å². The van der Waals surface area contributed by atoms with Crippen molar-refractivity contribution in [2.24, 2.45) is 0 Å². The van der Waals surface area contributed by atoms with Gasteiger partial charge in [0, 0.05) is 0 Å². The summed E-state index contributed by atoms with van der Waals surface area (Å²) in [4.78, 5) is 5.41. The lowest BCUT2D eigenvalue weighted by Crippen LogP contribution is -2.46. The topological polar surface area (TPSA) is 9.23 Å². The third kappa shape index (κ3) is 2.27. The fraction of sp³-hybridized carbons (Fsp3) is 1.00. The molecule has 0 atom stereocenters. The van der Waals surface area contributed by atoms with Crippen molar-refractivity contribution in [2.45, 2.75) is 27.2 Å². The van der Waals surface area contributed by atoms with Crippen LogP contribution < -0.4 is 0 Å². The molecule has 0 N–H and O–H groups in total. The van der Waals surface area contributed by atoms with Gasteiger partial charge in [-0.3, -0.25) is 0 Å². The molecule has 0 aliphatic heterocycles. The van der Waals surface area contributed by atoms with Crippen LogP contribution >= 0.6 is 0 Å². The smallest absolute Gasteiger partial charge is 0.109 e. The van der Waals surface area contributed by atoms with E-state index in [0.29, 0.717) is 0 Å². The van der Waals surface area contributed by atoms with Gasteiger partial charge in [0.2, 0.25) is 0 Å². The largest absolute Gasteiger partial charge is 0.206 e. The van der Waals surface area contributed by atoms with Crippen LogP contribution in [0.25, 0.3) is 0 Å². The maximum Gasteiger partial charge on any atom is 0.109 e. The summed E-state index contributed by atoms with van der Waals surface area (Å²) in [5, 5.41) is 0. The van der Waals surface area contributed by atoms with Gasteiger partial charge in [-0.1, -0.05) is 6.92 Å². The van der Waals surface area contributed by atoms with E-state index in [9.17, 15) is 0 Å². The van der Waals surface area contributed by atoms with Crippen molar-refractivity contribution in [3.63, 3.8) is 0 Å². The molecule has 0 aromatic carbocycles. The van der Waals surface area contributed by atoms with Crippen LogP contribution in [0.15, 0.2) is 0 Å². The molecule has 0 amide bonds. The Bertz CT molecular complexity index is 71.1. The summed E-state index contributed by atoms with van der Waals surface area (Å²) in [5.41, 5.74) is 0. The third-order valence-electron chi connectivity index (χ3n) is 2.17. The minimum absolute atomic E-state index is 0.802. The van der Waals surface area contributed by atoms with E-state index < -0.39 is 0 Å². The molecule has 0 aromatic rings. The first kappa shape index (κ1) is 9.92. The second-order valence-electron chi connectivity index (χ2n) is 2.60. The van der Waals surface area contributed by atoms with E-state index in [4.69, 9.17) is 4.84 Å². The van der Waals surface area contributed by atoms with E-state index in [1.54, 1.807) is 7.11 Å². The number of nitrogens with zero attached hydrogens (tertiary/aromatic N) is 1. The zero-order chi connectivity index (χ0) is 8.04. The Morgan fingerprint density at radius 2 is 1.60 bits per heavy atom. The van der Waals surface area contributed by atoms with Crippen LogP contribution in [0.2, 0.25) is 0 Å². The van der Waals surface area contributed by atoms with Crippen LogP contribution in [0.3, 0.4) is 0 Å². The average Bonchev–Trinajstić information content (AvgIpc) is 2.01. The van der Waals surface area contributed by atoms with Crippen LogP contribution in [-0.2, 0) is 4.84 Å².